The molecule has 0 saturated heterocycles. The zero-order chi connectivity index (χ0) is 66.2. The van der Waals surface area contributed by atoms with E-state index in [2.05, 4.69) is 106 Å². The second kappa shape index (κ2) is 36.6. The summed E-state index contributed by atoms with van der Waals surface area (Å²) in [4.78, 5) is 50.3. The van der Waals surface area contributed by atoms with Crippen LogP contribution in [0.1, 0.15) is 194 Å². The number of ether oxygens (including phenoxy) is 5. The molecule has 16 nitrogen and oxygen atoms in total. The van der Waals surface area contributed by atoms with Gasteiger partial charge in [0.25, 0.3) is 0 Å². The number of rotatable bonds is 34. The molecule has 0 saturated carbocycles. The van der Waals surface area contributed by atoms with Crippen LogP contribution in [0.15, 0.2) is 78.9 Å². The van der Waals surface area contributed by atoms with E-state index in [0.29, 0.717) is 78.2 Å². The first kappa shape index (κ1) is 78.1. The van der Waals surface area contributed by atoms with Crippen molar-refractivity contribution < 1.29 is 67.0 Å². The summed E-state index contributed by atoms with van der Waals surface area (Å²) in [6, 6.07) is 23.4. The highest BCUT2D eigenvalue weighted by molar-refractivity contribution is 6.78. The fourth-order valence-electron chi connectivity index (χ4n) is 12.8. The summed E-state index contributed by atoms with van der Waals surface area (Å²) in [5, 5.41) is 37.4. The predicted molar refractivity (Wildman–Crippen MR) is 353 cm³/mol. The first-order valence-electron chi connectivity index (χ1n) is 31.8. The predicted octanol–water partition coefficient (Wildman–Crippen LogP) is 15.5. The Morgan fingerprint density at radius 3 is 1.10 bits per heavy atom. The highest BCUT2D eigenvalue weighted by Gasteiger charge is 2.50. The summed E-state index contributed by atoms with van der Waals surface area (Å²) in [7, 11) is -1.38. The Labute approximate surface area is 526 Å². The molecule has 2 amide bonds. The maximum absolute atomic E-state index is 13.3. The summed E-state index contributed by atoms with van der Waals surface area (Å²) in [5.41, 5.74) is 3.74. The van der Waals surface area contributed by atoms with Gasteiger partial charge in [-0.05, 0) is 180 Å². The number of aliphatic hydroxyl groups excluding tert-OH is 2. The maximum Gasteiger partial charge on any atom is 0.408 e. The molecule has 0 aliphatic heterocycles. The van der Waals surface area contributed by atoms with Gasteiger partial charge in [0.15, 0.2) is 0 Å². The second-order valence-corrected chi connectivity index (χ2v) is 38.4. The van der Waals surface area contributed by atoms with Gasteiger partial charge in [-0.25, -0.2) is 19.2 Å². The van der Waals surface area contributed by atoms with Gasteiger partial charge in [-0.2, -0.15) is 0 Å². The number of hydrogen-bond acceptors (Lipinski definition) is 13. The summed E-state index contributed by atoms with van der Waals surface area (Å²) in [5.74, 6) is -0.176. The van der Waals surface area contributed by atoms with Crippen LogP contribution < -0.4 is 20.1 Å². The molecule has 1 unspecified atom stereocenters. The van der Waals surface area contributed by atoms with Crippen molar-refractivity contribution in [2.75, 3.05) is 14.2 Å². The molecule has 494 valence electrons. The van der Waals surface area contributed by atoms with Gasteiger partial charge in [0.2, 0.25) is 16.6 Å². The van der Waals surface area contributed by atoms with E-state index < -0.39 is 88.5 Å². The SMILES string of the molecule is COc1ccc(CC(CCC[C@H](NC(=O)OC(C)(C)C)C(=O)OCc2ccccc2)[C@@H](O[Si](C(C)C)(C(C)C)C(C)C)[C@H](C)O)cc1.COc1ccc(C[C@@H](CCC[C@H](NC(=O)OC(C)(C)C)C(=O)O)[C@@H](O[Si](C(C)C)(C(C)C)C(C)C)[C@H](C)O)cc1. The van der Waals surface area contributed by atoms with E-state index in [4.69, 9.17) is 32.5 Å². The minimum Gasteiger partial charge on any atom is -0.497 e. The Morgan fingerprint density at radius 2 is 0.805 bits per heavy atom. The van der Waals surface area contributed by atoms with Gasteiger partial charge < -0.3 is 58.5 Å². The first-order chi connectivity index (χ1) is 40.4. The standard InChI is InChI=1S/C38H61NO7Si.C31H55NO7Si/c1-26(2)47(27(3)4,28(5)6)46-35(29(7)40)32(24-30-20-22-33(43-11)23-21-30)18-15-19-34(39-37(42)45-38(8,9)10)36(41)44-25-31-16-13-12-14-17-31;1-20(2)40(21(3)4,22(5)6)39-28(23(7)33)25(19-24-15-17-26(37-11)18-16-24)13-12-14-27(29(34)35)32-30(36)38-31(8,9)10/h12-14,16-17,20-23,26-29,32,34-35,40H,15,18-19,24-25H2,1-11H3,(H,39,42);15-18,20-23,25,27-28,33H,12-14,19H2,1-11H3,(H,32,36)(H,34,35)/t29-,32?,34-,35-;23-,25+,27-,28-/m00/s1. The Hall–Kier alpha value is -4.99. The number of aliphatic hydroxyl groups is 2. The number of carboxylic acids is 1. The molecule has 0 heterocycles. The lowest BCUT2D eigenvalue weighted by Crippen LogP contribution is -2.54. The molecule has 3 aromatic carbocycles. The van der Waals surface area contributed by atoms with E-state index in [1.807, 2.05) is 73.7 Å². The number of carboxylic acid groups (broad SMARTS) is 1. The lowest BCUT2D eigenvalue weighted by Gasteiger charge is -2.47. The fourth-order valence-corrected chi connectivity index (χ4v) is 24.1. The molecular weight excluding hydrogens is 1140 g/mol. The minimum absolute atomic E-state index is 0.0472. The van der Waals surface area contributed by atoms with Crippen molar-refractivity contribution >= 4 is 40.8 Å². The number of carbonyl (C=O) groups excluding carboxylic acids is 3. The summed E-state index contributed by atoms with van der Waals surface area (Å²) < 4.78 is 41.5. The number of alkyl carbamates (subject to hydrolysis) is 2. The van der Waals surface area contributed by atoms with Crippen LogP contribution in [-0.2, 0) is 52.1 Å². The highest BCUT2D eigenvalue weighted by atomic mass is 28.4. The molecule has 0 fully saturated rings. The van der Waals surface area contributed by atoms with Crippen LogP contribution in [-0.4, -0.2) is 118 Å². The topological polar surface area (TPSA) is 218 Å². The van der Waals surface area contributed by atoms with Gasteiger partial charge in [-0.15, -0.1) is 0 Å². The van der Waals surface area contributed by atoms with Crippen molar-refractivity contribution in [3.63, 3.8) is 0 Å². The van der Waals surface area contributed by atoms with Crippen LogP contribution in [0.5, 0.6) is 11.5 Å². The van der Waals surface area contributed by atoms with Crippen LogP contribution in [0.4, 0.5) is 9.59 Å². The molecule has 8 atom stereocenters. The largest absolute Gasteiger partial charge is 0.497 e. The Morgan fingerprint density at radius 1 is 0.471 bits per heavy atom. The second-order valence-electron chi connectivity index (χ2n) is 27.6. The first-order valence-corrected chi connectivity index (χ1v) is 36.1. The number of carbonyl (C=O) groups is 4. The van der Waals surface area contributed by atoms with Gasteiger partial charge in [0.1, 0.15) is 41.4 Å². The van der Waals surface area contributed by atoms with Crippen molar-refractivity contribution in [3.8, 4) is 11.5 Å². The number of aliphatic carboxylic acids is 1. The molecule has 3 rings (SSSR count). The molecule has 18 heteroatoms. The van der Waals surface area contributed by atoms with Crippen molar-refractivity contribution in [2.24, 2.45) is 11.8 Å². The third kappa shape index (κ3) is 25.8. The smallest absolute Gasteiger partial charge is 0.408 e. The summed E-state index contributed by atoms with van der Waals surface area (Å²) >= 11 is 0. The average molecular weight is 1250 g/mol. The molecule has 5 N–H and O–H groups in total. The number of hydrogen-bond donors (Lipinski definition) is 5. The van der Waals surface area contributed by atoms with Crippen molar-refractivity contribution in [1.82, 2.24) is 10.6 Å². The van der Waals surface area contributed by atoms with Crippen molar-refractivity contribution in [1.29, 1.82) is 0 Å². The molecule has 0 radical (unpaired) electrons. The molecule has 87 heavy (non-hydrogen) atoms. The molecular formula is C69H116N2O14Si2. The summed E-state index contributed by atoms with van der Waals surface area (Å²) in [6.45, 7) is 41.1. The van der Waals surface area contributed by atoms with Crippen molar-refractivity contribution in [2.45, 2.75) is 277 Å². The molecule has 3 aromatic rings. The molecule has 0 aromatic heterocycles. The molecule has 0 spiro atoms. The number of esters is 1. The van der Waals surface area contributed by atoms with Gasteiger partial charge in [-0.3, -0.25) is 0 Å². The lowest BCUT2D eigenvalue weighted by molar-refractivity contribution is -0.147. The van der Waals surface area contributed by atoms with E-state index in [-0.39, 0.29) is 24.9 Å². The summed E-state index contributed by atoms with van der Waals surface area (Å²) in [6.07, 6.45) is 0.697. The number of benzene rings is 3. The average Bonchev–Trinajstić information content (AvgIpc) is 2.07. The third-order valence-electron chi connectivity index (χ3n) is 16.6. The number of nitrogens with one attached hydrogen (secondary N) is 2. The Balaban J connectivity index is 0.000000602. The normalized spacial score (nSPS) is 15.2. The van der Waals surface area contributed by atoms with E-state index >= 15 is 0 Å². The molecule has 0 aliphatic carbocycles. The molecule has 0 aliphatic rings. The van der Waals surface area contributed by atoms with Crippen LogP contribution in [0.25, 0.3) is 0 Å². The van der Waals surface area contributed by atoms with Crippen LogP contribution in [0.3, 0.4) is 0 Å². The third-order valence-corrected chi connectivity index (χ3v) is 28.8. The van der Waals surface area contributed by atoms with Gasteiger partial charge >= 0.3 is 24.1 Å². The zero-order valence-corrected chi connectivity index (χ0v) is 59.3. The molecule has 0 bridgehead atoms. The Kier molecular flexibility index (Phi) is 32.9. The van der Waals surface area contributed by atoms with Crippen molar-refractivity contribution in [3.05, 3.63) is 95.6 Å². The van der Waals surface area contributed by atoms with Gasteiger partial charge in [0, 0.05) is 0 Å². The minimum atomic E-state index is -2.34. The number of methoxy groups -OCH3 is 2. The maximum atomic E-state index is 13.3. The van der Waals surface area contributed by atoms with Crippen LogP contribution >= 0.6 is 0 Å². The zero-order valence-electron chi connectivity index (χ0n) is 57.3. The van der Waals surface area contributed by atoms with E-state index in [1.165, 1.54) is 0 Å². The van der Waals surface area contributed by atoms with Gasteiger partial charge in [0.05, 0.1) is 38.6 Å². The van der Waals surface area contributed by atoms with Crippen LogP contribution in [0, 0.1) is 11.8 Å². The highest BCUT2D eigenvalue weighted by Crippen LogP contribution is 2.46. The Bertz CT molecular complexity index is 2410. The quantitative estimate of drug-likeness (QED) is 0.0214. The number of amides is 2. The van der Waals surface area contributed by atoms with Gasteiger partial charge in [-0.1, -0.05) is 151 Å². The monoisotopic (exact) mass is 1250 g/mol. The van der Waals surface area contributed by atoms with Crippen LogP contribution in [0.2, 0.25) is 33.2 Å². The van der Waals surface area contributed by atoms with E-state index in [9.17, 15) is 34.5 Å². The van der Waals surface area contributed by atoms with E-state index in [1.54, 1.807) is 62.7 Å². The van der Waals surface area contributed by atoms with E-state index in [0.717, 1.165) is 28.2 Å². The lowest BCUT2D eigenvalue weighted by atomic mass is 9.86. The fraction of sp³-hybridized carbons (Fsp3) is 0.681.